The Labute approximate surface area is 119 Å². The number of imide groups is 1. The highest BCUT2D eigenvalue weighted by Crippen LogP contribution is 2.39. The van der Waals surface area contributed by atoms with Crippen LogP contribution in [-0.2, 0) is 9.59 Å². The molecule has 0 spiro atoms. The van der Waals surface area contributed by atoms with Crippen LogP contribution in [0.25, 0.3) is 0 Å². The molecule has 1 atom stereocenters. The van der Waals surface area contributed by atoms with Crippen molar-refractivity contribution >= 4 is 17.5 Å². The van der Waals surface area contributed by atoms with Gasteiger partial charge in [-0.3, -0.25) is 9.59 Å². The van der Waals surface area contributed by atoms with Gasteiger partial charge in [-0.05, 0) is 30.4 Å². The zero-order valence-corrected chi connectivity index (χ0v) is 11.8. The molecule has 2 fully saturated rings. The summed E-state index contributed by atoms with van der Waals surface area (Å²) in [5.74, 6) is -0.235. The van der Waals surface area contributed by atoms with Crippen molar-refractivity contribution in [2.45, 2.75) is 38.6 Å². The molecule has 1 aromatic rings. The summed E-state index contributed by atoms with van der Waals surface area (Å²) >= 11 is 0. The number of hydrogen-bond acceptors (Lipinski definition) is 3. The van der Waals surface area contributed by atoms with E-state index in [0.717, 1.165) is 6.54 Å². The summed E-state index contributed by atoms with van der Waals surface area (Å²) in [7, 11) is 0. The number of rotatable bonds is 4. The first-order valence-electron chi connectivity index (χ1n) is 7.24. The summed E-state index contributed by atoms with van der Waals surface area (Å²) < 4.78 is 0. The second-order valence-corrected chi connectivity index (χ2v) is 6.20. The maximum atomic E-state index is 12.4. The van der Waals surface area contributed by atoms with Crippen molar-refractivity contribution in [3.63, 3.8) is 0 Å². The number of benzene rings is 1. The lowest BCUT2D eigenvalue weighted by atomic mass is 9.70. The van der Waals surface area contributed by atoms with Crippen LogP contribution in [0.4, 0.5) is 5.69 Å². The molecule has 1 aliphatic carbocycles. The molecule has 3 rings (SSSR count). The Kier molecular flexibility index (Phi) is 3.34. The number of amides is 2. The number of hydrogen-bond donors (Lipinski definition) is 1. The Bertz CT molecular complexity index is 523. The fourth-order valence-electron chi connectivity index (χ4n) is 2.97. The van der Waals surface area contributed by atoms with Gasteiger partial charge in [0, 0.05) is 6.54 Å². The molecular weight excluding hydrogens is 252 g/mol. The molecule has 1 N–H and O–H groups in total. The summed E-state index contributed by atoms with van der Waals surface area (Å²) in [6, 6.07) is 8.79. The van der Waals surface area contributed by atoms with Crippen molar-refractivity contribution in [2.24, 2.45) is 5.41 Å². The van der Waals surface area contributed by atoms with E-state index in [1.807, 2.05) is 18.2 Å². The molecule has 1 aliphatic heterocycles. The van der Waals surface area contributed by atoms with E-state index >= 15 is 0 Å². The summed E-state index contributed by atoms with van der Waals surface area (Å²) in [5, 5.41) is 3.29. The number of carbonyl (C=O) groups excluding carboxylic acids is 2. The molecule has 2 amide bonds. The Morgan fingerprint density at radius 3 is 2.55 bits per heavy atom. The van der Waals surface area contributed by atoms with Gasteiger partial charge in [-0.2, -0.15) is 0 Å². The van der Waals surface area contributed by atoms with E-state index in [9.17, 15) is 9.59 Å². The summed E-state index contributed by atoms with van der Waals surface area (Å²) in [4.78, 5) is 25.8. The third-order valence-corrected chi connectivity index (χ3v) is 4.50. The third kappa shape index (κ3) is 2.36. The van der Waals surface area contributed by atoms with Crippen LogP contribution in [0.5, 0.6) is 0 Å². The van der Waals surface area contributed by atoms with Crippen LogP contribution < -0.4 is 10.2 Å². The third-order valence-electron chi connectivity index (χ3n) is 4.50. The lowest BCUT2D eigenvalue weighted by molar-refractivity contribution is -0.121. The van der Waals surface area contributed by atoms with Gasteiger partial charge in [0.1, 0.15) is 0 Å². The minimum atomic E-state index is -0.361. The Morgan fingerprint density at radius 1 is 1.25 bits per heavy atom. The monoisotopic (exact) mass is 272 g/mol. The summed E-state index contributed by atoms with van der Waals surface area (Å²) in [5.41, 5.74) is 0.977. The Balaban J connectivity index is 1.67. The smallest absolute Gasteiger partial charge is 0.251 e. The van der Waals surface area contributed by atoms with Crippen LogP contribution in [0.2, 0.25) is 0 Å². The lowest BCUT2D eigenvalue weighted by Crippen LogP contribution is -2.45. The Morgan fingerprint density at radius 2 is 1.95 bits per heavy atom. The number of carbonyl (C=O) groups is 2. The molecule has 1 aromatic carbocycles. The molecule has 1 heterocycles. The van der Waals surface area contributed by atoms with Gasteiger partial charge in [0.05, 0.1) is 18.2 Å². The first-order chi connectivity index (χ1) is 9.59. The van der Waals surface area contributed by atoms with Crippen LogP contribution in [0.3, 0.4) is 0 Å². The molecule has 0 bridgehead atoms. The highest BCUT2D eigenvalue weighted by molar-refractivity contribution is 6.22. The molecular formula is C16H20N2O2. The normalized spacial score (nSPS) is 24.9. The number of anilines is 1. The molecule has 4 heteroatoms. The van der Waals surface area contributed by atoms with E-state index in [-0.39, 0.29) is 24.3 Å². The van der Waals surface area contributed by atoms with Gasteiger partial charge in [0.25, 0.3) is 5.91 Å². The van der Waals surface area contributed by atoms with Crippen molar-refractivity contribution in [3.05, 3.63) is 30.3 Å². The first-order valence-corrected chi connectivity index (χ1v) is 7.24. The van der Waals surface area contributed by atoms with E-state index in [4.69, 9.17) is 0 Å². The molecule has 0 radical (unpaired) electrons. The van der Waals surface area contributed by atoms with Crippen LogP contribution >= 0.6 is 0 Å². The second kappa shape index (κ2) is 5.02. The van der Waals surface area contributed by atoms with Gasteiger partial charge in [-0.1, -0.05) is 31.5 Å². The van der Waals surface area contributed by atoms with Gasteiger partial charge >= 0.3 is 0 Å². The van der Waals surface area contributed by atoms with Crippen LogP contribution in [0.1, 0.15) is 32.6 Å². The highest BCUT2D eigenvalue weighted by Gasteiger charge is 2.41. The van der Waals surface area contributed by atoms with Gasteiger partial charge in [-0.15, -0.1) is 0 Å². The van der Waals surface area contributed by atoms with E-state index in [2.05, 4.69) is 12.2 Å². The van der Waals surface area contributed by atoms with Crippen molar-refractivity contribution in [3.8, 4) is 0 Å². The predicted molar refractivity (Wildman–Crippen MR) is 77.3 cm³/mol. The van der Waals surface area contributed by atoms with E-state index in [1.54, 1.807) is 12.1 Å². The minimum absolute atomic E-state index is 0.113. The van der Waals surface area contributed by atoms with Gasteiger partial charge in [0.15, 0.2) is 0 Å². The zero-order chi connectivity index (χ0) is 14.2. The standard InChI is InChI=1S/C16H20N2O2/c1-16(8-5-9-16)11-17-13-10-14(19)18(15(13)20)12-6-3-2-4-7-12/h2-4,6-7,13,17H,5,8-11H2,1H3. The quantitative estimate of drug-likeness (QED) is 0.854. The average molecular weight is 272 g/mol. The molecule has 1 saturated carbocycles. The molecule has 4 nitrogen and oxygen atoms in total. The van der Waals surface area contributed by atoms with Crippen LogP contribution in [0.15, 0.2) is 30.3 Å². The average Bonchev–Trinajstić information content (AvgIpc) is 2.70. The molecule has 20 heavy (non-hydrogen) atoms. The number of para-hydroxylation sites is 1. The molecule has 1 saturated heterocycles. The van der Waals surface area contributed by atoms with Crippen LogP contribution in [0, 0.1) is 5.41 Å². The largest absolute Gasteiger partial charge is 0.305 e. The van der Waals surface area contributed by atoms with Crippen molar-refractivity contribution in [1.82, 2.24) is 5.32 Å². The zero-order valence-electron chi connectivity index (χ0n) is 11.8. The summed E-state index contributed by atoms with van der Waals surface area (Å²) in [6.45, 7) is 3.05. The predicted octanol–water partition coefficient (Wildman–Crippen LogP) is 2.10. The SMILES string of the molecule is CC1(CNC2CC(=O)N(c3ccccc3)C2=O)CCC1. The van der Waals surface area contributed by atoms with Gasteiger partial charge in [-0.25, -0.2) is 4.90 Å². The second-order valence-electron chi connectivity index (χ2n) is 6.20. The van der Waals surface area contributed by atoms with Crippen molar-refractivity contribution < 1.29 is 9.59 Å². The van der Waals surface area contributed by atoms with Crippen LogP contribution in [-0.4, -0.2) is 24.4 Å². The lowest BCUT2D eigenvalue weighted by Gasteiger charge is -2.39. The van der Waals surface area contributed by atoms with Crippen molar-refractivity contribution in [1.29, 1.82) is 0 Å². The molecule has 0 aromatic heterocycles. The topological polar surface area (TPSA) is 49.4 Å². The maximum absolute atomic E-state index is 12.4. The first kappa shape index (κ1) is 13.3. The van der Waals surface area contributed by atoms with E-state index in [1.165, 1.54) is 24.2 Å². The van der Waals surface area contributed by atoms with Crippen molar-refractivity contribution in [2.75, 3.05) is 11.4 Å². The van der Waals surface area contributed by atoms with E-state index < -0.39 is 0 Å². The molecule has 1 unspecified atom stereocenters. The number of nitrogens with zero attached hydrogens (tertiary/aromatic N) is 1. The van der Waals surface area contributed by atoms with E-state index in [0.29, 0.717) is 11.1 Å². The molecule has 2 aliphatic rings. The summed E-state index contributed by atoms with van der Waals surface area (Å²) in [6.07, 6.45) is 3.95. The number of nitrogens with one attached hydrogen (secondary N) is 1. The van der Waals surface area contributed by atoms with Gasteiger partial charge < -0.3 is 5.32 Å². The van der Waals surface area contributed by atoms with Gasteiger partial charge in [0.2, 0.25) is 5.91 Å². The fraction of sp³-hybridized carbons (Fsp3) is 0.500. The minimum Gasteiger partial charge on any atom is -0.305 e. The highest BCUT2D eigenvalue weighted by atomic mass is 16.2. The molecule has 106 valence electrons. The Hall–Kier alpha value is -1.68. The fourth-order valence-corrected chi connectivity index (χ4v) is 2.97. The maximum Gasteiger partial charge on any atom is 0.251 e.